The van der Waals surface area contributed by atoms with Crippen LogP contribution < -0.4 is 0 Å². The van der Waals surface area contributed by atoms with Gasteiger partial charge in [-0.1, -0.05) is 237 Å². The van der Waals surface area contributed by atoms with Crippen molar-refractivity contribution >= 4 is 87.2 Å². The van der Waals surface area contributed by atoms with Gasteiger partial charge in [-0.2, -0.15) is 0 Å². The van der Waals surface area contributed by atoms with Gasteiger partial charge in [0, 0.05) is 95.7 Å². The largest absolute Gasteiger partial charge is 0.309 e. The molecular formula is C108H74N8. The summed E-state index contributed by atoms with van der Waals surface area (Å²) in [4.78, 5) is 22.1. The molecule has 0 radical (unpaired) electrons. The molecule has 0 saturated carbocycles. The molecule has 8 nitrogen and oxygen atoms in total. The molecule has 8 heteroatoms. The predicted molar refractivity (Wildman–Crippen MR) is 483 cm³/mol. The number of aromatic nitrogens is 8. The van der Waals surface area contributed by atoms with E-state index in [4.69, 9.17) is 19.9 Å². The minimum Gasteiger partial charge on any atom is -0.309 e. The standard InChI is InChI=1S/C108H74N8/c1-67-24-8-12-30-78(67)72-42-48-100-86(58-72)82-34-16-20-38-96(82)113(100)104-52-46-76(92-65-109-56-54-106(92)115-98-40-22-18-36-84(98)88-60-74(44-50-102(88)115)80-32-14-10-26-69(80)3)62-90(104)95-64-94(71-28-6-5-7-29-71)111-108(112-95)91-63-77(47-53-105(91)114-97-39-21-17-35-83(97)87-59-73(43-49-101(87)114)79-31-13-9-25-68(79)2)93-66-110-57-55-107(93)116-99-41-23-19-37-85(99)89-61-75(45-51-103(89)116)81-33-15-11-27-70(81)4/h5-66H,1-4H3. The second-order valence-corrected chi connectivity index (χ2v) is 30.7. The summed E-state index contributed by atoms with van der Waals surface area (Å²) < 4.78 is 9.74. The SMILES string of the molecule is Cc1ccccc1-c1ccc2c(c1)c1ccccc1n2-c1ccncc1-c1ccc(-n2c3ccccc3c3cc(-c4ccccc4C)ccc32)c(-c2cc(-c3ccccc3)nc(-c3cc(-c4cnccc4-n4c5ccccc5c5cc(-c6ccccc6C)ccc54)ccc3-n3c4ccccc4c4cc(-c5ccccc5C)ccc43)n2)c1. The first kappa shape index (κ1) is 67.7. The molecule has 546 valence electrons. The topological polar surface area (TPSA) is 71.3 Å². The Bertz CT molecular complexity index is 7340. The molecule has 7 aromatic heterocycles. The fraction of sp³-hybridized carbons (Fsp3) is 0.0370. The molecule has 0 aliphatic heterocycles. The summed E-state index contributed by atoms with van der Waals surface area (Å²) in [5, 5.41) is 9.27. The molecular weight excluding hydrogens is 1410 g/mol. The maximum absolute atomic E-state index is 6.16. The number of nitrogens with zero attached hydrogens (tertiary/aromatic N) is 8. The first-order valence-corrected chi connectivity index (χ1v) is 39.7. The molecule has 116 heavy (non-hydrogen) atoms. The van der Waals surface area contributed by atoms with Crippen molar-refractivity contribution in [3.63, 3.8) is 0 Å². The van der Waals surface area contributed by atoms with Crippen molar-refractivity contribution < 1.29 is 0 Å². The highest BCUT2D eigenvalue weighted by molar-refractivity contribution is 6.15. The first-order chi connectivity index (χ1) is 57.2. The van der Waals surface area contributed by atoms with E-state index in [1.54, 1.807) is 0 Å². The van der Waals surface area contributed by atoms with Crippen molar-refractivity contribution in [2.24, 2.45) is 0 Å². The van der Waals surface area contributed by atoms with E-state index in [0.717, 1.165) is 150 Å². The van der Waals surface area contributed by atoms with E-state index < -0.39 is 0 Å². The molecule has 15 aromatic carbocycles. The van der Waals surface area contributed by atoms with Crippen LogP contribution in [-0.4, -0.2) is 38.2 Å². The summed E-state index contributed by atoms with van der Waals surface area (Å²) in [6.45, 7) is 8.78. The molecule has 0 atom stereocenters. The van der Waals surface area contributed by atoms with Crippen molar-refractivity contribution in [3.8, 4) is 123 Å². The van der Waals surface area contributed by atoms with Crippen molar-refractivity contribution in [3.05, 3.63) is 399 Å². The summed E-state index contributed by atoms with van der Waals surface area (Å²) >= 11 is 0. The lowest BCUT2D eigenvalue weighted by Crippen LogP contribution is -2.04. The summed E-state index contributed by atoms with van der Waals surface area (Å²) in [6, 6.07) is 129. The number of rotatable bonds is 13. The average Bonchev–Trinajstić information content (AvgIpc) is 1.50. The lowest BCUT2D eigenvalue weighted by molar-refractivity contribution is 1.13. The van der Waals surface area contributed by atoms with Crippen molar-refractivity contribution in [1.29, 1.82) is 0 Å². The number of benzene rings is 15. The zero-order chi connectivity index (χ0) is 77.2. The highest BCUT2D eigenvalue weighted by atomic mass is 15.0. The third kappa shape index (κ3) is 11.0. The third-order valence-corrected chi connectivity index (χ3v) is 24.0. The number of fused-ring (bicyclic) bond motifs is 12. The van der Waals surface area contributed by atoms with Crippen molar-refractivity contribution in [2.75, 3.05) is 0 Å². The van der Waals surface area contributed by atoms with Crippen LogP contribution in [0.3, 0.4) is 0 Å². The van der Waals surface area contributed by atoms with Crippen LogP contribution in [0, 0.1) is 27.7 Å². The highest BCUT2D eigenvalue weighted by Crippen LogP contribution is 2.47. The highest BCUT2D eigenvalue weighted by Gasteiger charge is 2.27. The van der Waals surface area contributed by atoms with Gasteiger partial charge in [-0.05, 0) is 221 Å². The second-order valence-electron chi connectivity index (χ2n) is 30.7. The zero-order valence-electron chi connectivity index (χ0n) is 64.4. The van der Waals surface area contributed by atoms with E-state index in [0.29, 0.717) is 5.82 Å². The van der Waals surface area contributed by atoms with Gasteiger partial charge < -0.3 is 18.3 Å². The smallest absolute Gasteiger partial charge is 0.162 e. The fourth-order valence-electron chi connectivity index (χ4n) is 18.4. The Balaban J connectivity index is 0.816. The first-order valence-electron chi connectivity index (χ1n) is 39.7. The van der Waals surface area contributed by atoms with E-state index in [1.807, 2.05) is 24.8 Å². The molecule has 0 saturated heterocycles. The molecule has 0 N–H and O–H groups in total. The van der Waals surface area contributed by atoms with Crippen LogP contribution >= 0.6 is 0 Å². The van der Waals surface area contributed by atoms with Gasteiger partial charge >= 0.3 is 0 Å². The minimum absolute atomic E-state index is 0.547. The van der Waals surface area contributed by atoms with Crippen LogP contribution in [0.15, 0.2) is 377 Å². The monoisotopic (exact) mass is 1480 g/mol. The molecule has 0 spiro atoms. The molecule has 0 aliphatic carbocycles. The van der Waals surface area contributed by atoms with Crippen LogP contribution in [0.25, 0.3) is 211 Å². The predicted octanol–water partition coefficient (Wildman–Crippen LogP) is 27.9. The fourth-order valence-corrected chi connectivity index (χ4v) is 18.4. The molecule has 0 fully saturated rings. The average molecular weight is 1480 g/mol. The number of hydrogen-bond acceptors (Lipinski definition) is 4. The van der Waals surface area contributed by atoms with Gasteiger partial charge in [0.1, 0.15) is 0 Å². The van der Waals surface area contributed by atoms with E-state index in [2.05, 4.69) is 398 Å². The number of para-hydroxylation sites is 4. The van der Waals surface area contributed by atoms with E-state index >= 15 is 0 Å². The third-order valence-electron chi connectivity index (χ3n) is 24.0. The van der Waals surface area contributed by atoms with Gasteiger partial charge in [0.2, 0.25) is 0 Å². The Morgan fingerprint density at radius 2 is 0.474 bits per heavy atom. The Morgan fingerprint density at radius 3 is 0.845 bits per heavy atom. The van der Waals surface area contributed by atoms with Crippen molar-refractivity contribution in [1.82, 2.24) is 38.2 Å². The lowest BCUT2D eigenvalue weighted by Gasteiger charge is -2.20. The molecule has 0 unspecified atom stereocenters. The Kier molecular flexibility index (Phi) is 16.0. The minimum atomic E-state index is 0.547. The van der Waals surface area contributed by atoms with Crippen molar-refractivity contribution in [2.45, 2.75) is 27.7 Å². The van der Waals surface area contributed by atoms with Gasteiger partial charge in [0.15, 0.2) is 5.82 Å². The lowest BCUT2D eigenvalue weighted by atomic mass is 9.97. The normalized spacial score (nSPS) is 11.8. The Labute approximate surface area is 671 Å². The summed E-state index contributed by atoms with van der Waals surface area (Å²) in [7, 11) is 0. The summed E-state index contributed by atoms with van der Waals surface area (Å²) in [5.41, 5.74) is 35.0. The molecule has 22 aromatic rings. The van der Waals surface area contributed by atoms with E-state index in [9.17, 15) is 0 Å². The maximum atomic E-state index is 6.16. The van der Waals surface area contributed by atoms with Crippen LogP contribution in [-0.2, 0) is 0 Å². The van der Waals surface area contributed by atoms with Gasteiger partial charge in [-0.15, -0.1) is 0 Å². The van der Waals surface area contributed by atoms with Crippen LogP contribution in [0.4, 0.5) is 0 Å². The molecule has 0 bridgehead atoms. The Morgan fingerprint density at radius 1 is 0.190 bits per heavy atom. The summed E-state index contributed by atoms with van der Waals surface area (Å²) in [6.07, 6.45) is 7.91. The quantitative estimate of drug-likeness (QED) is 0.115. The number of hydrogen-bond donors (Lipinski definition) is 0. The Hall–Kier alpha value is -15.1. The zero-order valence-corrected chi connectivity index (χ0v) is 64.4. The van der Waals surface area contributed by atoms with Crippen LogP contribution in [0.5, 0.6) is 0 Å². The summed E-state index contributed by atoms with van der Waals surface area (Å²) in [5.74, 6) is 0.547. The van der Waals surface area contributed by atoms with E-state index in [-0.39, 0.29) is 0 Å². The molecule has 0 amide bonds. The molecule has 22 rings (SSSR count). The number of aryl methyl sites for hydroxylation is 4. The number of pyridine rings is 2. The van der Waals surface area contributed by atoms with Gasteiger partial charge in [0.25, 0.3) is 0 Å². The van der Waals surface area contributed by atoms with Gasteiger partial charge in [-0.3, -0.25) is 9.97 Å². The van der Waals surface area contributed by atoms with Crippen LogP contribution in [0.2, 0.25) is 0 Å². The maximum Gasteiger partial charge on any atom is 0.162 e. The van der Waals surface area contributed by atoms with Crippen LogP contribution in [0.1, 0.15) is 22.3 Å². The van der Waals surface area contributed by atoms with Gasteiger partial charge in [0.05, 0.1) is 78.3 Å². The molecule has 0 aliphatic rings. The molecule has 7 heterocycles. The van der Waals surface area contributed by atoms with Gasteiger partial charge in [-0.25, -0.2) is 9.97 Å². The van der Waals surface area contributed by atoms with E-state index in [1.165, 1.54) is 77.2 Å². The second kappa shape index (κ2) is 27.4.